The molecule has 0 fully saturated rings. The highest BCUT2D eigenvalue weighted by Gasteiger charge is 2.37. The molecule has 0 saturated carbocycles. The van der Waals surface area contributed by atoms with Crippen LogP contribution in [0.4, 0.5) is 11.5 Å². The fraction of sp³-hybridized carbons (Fsp3) is 0.130. The summed E-state index contributed by atoms with van der Waals surface area (Å²) in [6.45, 7) is 1.87. The number of anilines is 2. The Morgan fingerprint density at radius 3 is 2.37 bits per heavy atom. The molecule has 1 aromatic heterocycles. The number of rotatable bonds is 2. The van der Waals surface area contributed by atoms with E-state index >= 15 is 0 Å². The highest BCUT2D eigenvalue weighted by Crippen LogP contribution is 2.45. The van der Waals surface area contributed by atoms with Crippen LogP contribution in [-0.4, -0.2) is 4.57 Å². The molecule has 3 aromatic rings. The van der Waals surface area contributed by atoms with E-state index in [4.69, 9.17) is 17.3 Å². The Morgan fingerprint density at radius 2 is 1.77 bits per heavy atom. The minimum Gasteiger partial charge on any atom is -0.384 e. The first-order chi connectivity index (χ1) is 14.3. The second-order valence-electron chi connectivity index (χ2n) is 7.15. The molecule has 1 unspecified atom stereocenters. The molecule has 5 nitrogen and oxygen atoms in total. The number of aryl methyl sites for hydroxylation is 1. The maximum atomic E-state index is 13.2. The first-order valence-corrected chi connectivity index (χ1v) is 10.4. The molecule has 1 aliphatic heterocycles. The summed E-state index contributed by atoms with van der Waals surface area (Å²) in [5, 5.41) is 10.6. The van der Waals surface area contributed by atoms with Crippen molar-refractivity contribution in [2.45, 2.75) is 12.8 Å². The molecule has 4 rings (SSSR count). The molecule has 0 aliphatic carbocycles. The van der Waals surface area contributed by atoms with Crippen LogP contribution in [0.15, 0.2) is 75.3 Å². The van der Waals surface area contributed by atoms with Crippen LogP contribution in [0.1, 0.15) is 22.7 Å². The molecule has 0 amide bonds. The van der Waals surface area contributed by atoms with Gasteiger partial charge in [0.05, 0.1) is 23.1 Å². The summed E-state index contributed by atoms with van der Waals surface area (Å²) in [4.78, 5) is 15.0. The van der Waals surface area contributed by atoms with Gasteiger partial charge in [0.2, 0.25) is 0 Å². The van der Waals surface area contributed by atoms with Gasteiger partial charge < -0.3 is 10.3 Å². The van der Waals surface area contributed by atoms with Crippen molar-refractivity contribution in [3.8, 4) is 6.07 Å². The third kappa shape index (κ3) is 3.20. The van der Waals surface area contributed by atoms with E-state index in [0.717, 1.165) is 21.4 Å². The summed E-state index contributed by atoms with van der Waals surface area (Å²) in [6, 6.07) is 18.6. The lowest BCUT2D eigenvalue weighted by atomic mass is 9.82. The third-order valence-corrected chi connectivity index (χ3v) is 6.19. The van der Waals surface area contributed by atoms with E-state index < -0.39 is 5.92 Å². The van der Waals surface area contributed by atoms with Gasteiger partial charge in [-0.3, -0.25) is 9.69 Å². The maximum Gasteiger partial charge on any atom is 0.188 e. The van der Waals surface area contributed by atoms with Gasteiger partial charge in [-0.1, -0.05) is 39.7 Å². The number of halogens is 2. The van der Waals surface area contributed by atoms with Crippen LogP contribution >= 0.6 is 27.5 Å². The number of allylic oxidation sites excluding steroid dienone is 1. The third-order valence-electron chi connectivity index (χ3n) is 5.41. The molecule has 1 aliphatic rings. The van der Waals surface area contributed by atoms with Crippen LogP contribution in [0.25, 0.3) is 0 Å². The fourth-order valence-electron chi connectivity index (χ4n) is 3.85. The number of hydrogen-bond acceptors (Lipinski definition) is 4. The number of aromatic nitrogens is 1. The van der Waals surface area contributed by atoms with Gasteiger partial charge in [-0.25, -0.2) is 0 Å². The first-order valence-electron chi connectivity index (χ1n) is 9.25. The summed E-state index contributed by atoms with van der Waals surface area (Å²) in [7, 11) is 1.89. The van der Waals surface area contributed by atoms with Crippen molar-refractivity contribution < 1.29 is 0 Å². The molecule has 30 heavy (non-hydrogen) atoms. The molecular weight excluding hydrogens is 464 g/mol. The lowest BCUT2D eigenvalue weighted by Crippen LogP contribution is -2.37. The number of nitrogens with two attached hydrogens (primary N) is 1. The van der Waals surface area contributed by atoms with E-state index in [1.54, 1.807) is 23.1 Å². The quantitative estimate of drug-likeness (QED) is 0.553. The van der Waals surface area contributed by atoms with E-state index in [9.17, 15) is 10.1 Å². The monoisotopic (exact) mass is 480 g/mol. The Kier molecular flexibility index (Phi) is 5.19. The average molecular weight is 482 g/mol. The molecule has 0 bridgehead atoms. The molecule has 1 atom stereocenters. The molecular formula is C23H18BrClN4O. The molecule has 2 heterocycles. The van der Waals surface area contributed by atoms with Crippen molar-refractivity contribution in [2.75, 3.05) is 4.90 Å². The van der Waals surface area contributed by atoms with Crippen LogP contribution in [-0.2, 0) is 7.05 Å². The molecule has 0 saturated heterocycles. The SMILES string of the molecule is Cc1cc(=O)c2c(n1C)N(c1ccc(Cl)cc1)C(N)=C(C#N)C2c1ccc(Br)cc1. The number of nitriles is 1. The first kappa shape index (κ1) is 20.3. The summed E-state index contributed by atoms with van der Waals surface area (Å²) in [5.41, 5.74) is 9.64. The average Bonchev–Trinajstić information content (AvgIpc) is 2.72. The zero-order valence-electron chi connectivity index (χ0n) is 16.4. The Labute approximate surface area is 187 Å². The van der Waals surface area contributed by atoms with Crippen molar-refractivity contribution in [1.82, 2.24) is 4.57 Å². The van der Waals surface area contributed by atoms with Crippen LogP contribution in [0.2, 0.25) is 5.02 Å². The van der Waals surface area contributed by atoms with Crippen molar-refractivity contribution in [2.24, 2.45) is 12.8 Å². The van der Waals surface area contributed by atoms with Crippen LogP contribution in [0.5, 0.6) is 0 Å². The van der Waals surface area contributed by atoms with Gasteiger partial charge in [0.1, 0.15) is 11.6 Å². The maximum absolute atomic E-state index is 13.2. The number of benzene rings is 2. The van der Waals surface area contributed by atoms with Gasteiger partial charge in [0.25, 0.3) is 0 Å². The summed E-state index contributed by atoms with van der Waals surface area (Å²) in [6.07, 6.45) is 0. The molecule has 0 spiro atoms. The van der Waals surface area contributed by atoms with Crippen molar-refractivity contribution in [1.29, 1.82) is 5.26 Å². The van der Waals surface area contributed by atoms with Gasteiger partial charge >= 0.3 is 0 Å². The normalized spacial score (nSPS) is 15.7. The zero-order chi connectivity index (χ0) is 21.6. The van der Waals surface area contributed by atoms with Crippen LogP contribution in [0.3, 0.4) is 0 Å². The Balaban J connectivity index is 2.09. The highest BCUT2D eigenvalue weighted by atomic mass is 79.9. The fourth-order valence-corrected chi connectivity index (χ4v) is 4.24. The van der Waals surface area contributed by atoms with Gasteiger partial charge in [-0.05, 0) is 48.9 Å². The Hall–Kier alpha value is -3.01. The van der Waals surface area contributed by atoms with Gasteiger partial charge in [-0.2, -0.15) is 5.26 Å². The van der Waals surface area contributed by atoms with E-state index in [0.29, 0.717) is 27.8 Å². The highest BCUT2D eigenvalue weighted by molar-refractivity contribution is 9.10. The van der Waals surface area contributed by atoms with Gasteiger partial charge in [0, 0.05) is 34.0 Å². The smallest absolute Gasteiger partial charge is 0.188 e. The summed E-state index contributed by atoms with van der Waals surface area (Å²) >= 11 is 9.51. The van der Waals surface area contributed by atoms with Gasteiger partial charge in [-0.15, -0.1) is 0 Å². The van der Waals surface area contributed by atoms with E-state index in [2.05, 4.69) is 22.0 Å². The number of pyridine rings is 1. The Morgan fingerprint density at radius 1 is 1.13 bits per heavy atom. The number of nitrogens with zero attached hydrogens (tertiary/aromatic N) is 3. The summed E-state index contributed by atoms with van der Waals surface area (Å²) in [5.74, 6) is 0.383. The molecule has 0 radical (unpaired) electrons. The van der Waals surface area contributed by atoms with E-state index in [-0.39, 0.29) is 5.43 Å². The molecule has 150 valence electrons. The standard InChI is InChI=1S/C23H18BrClN4O/c1-13-11-19(30)21-20(14-3-5-15(24)6-4-14)18(12-26)22(27)29(23(21)28(13)2)17-9-7-16(25)8-10-17/h3-11,20H,27H2,1-2H3. The minimum atomic E-state index is -0.555. The molecule has 2 aromatic carbocycles. The predicted molar refractivity (Wildman–Crippen MR) is 123 cm³/mol. The van der Waals surface area contributed by atoms with Crippen molar-refractivity contribution in [3.05, 3.63) is 103 Å². The van der Waals surface area contributed by atoms with E-state index in [1.807, 2.05) is 54.9 Å². The lowest BCUT2D eigenvalue weighted by molar-refractivity contribution is 0.773. The van der Waals surface area contributed by atoms with Crippen LogP contribution in [0, 0.1) is 18.3 Å². The second-order valence-corrected chi connectivity index (χ2v) is 8.51. The number of fused-ring (bicyclic) bond motifs is 1. The Bertz CT molecular complexity index is 1270. The van der Waals surface area contributed by atoms with E-state index in [1.165, 1.54) is 0 Å². The molecule has 2 N–H and O–H groups in total. The van der Waals surface area contributed by atoms with Crippen molar-refractivity contribution >= 4 is 39.0 Å². The van der Waals surface area contributed by atoms with Crippen LogP contribution < -0.4 is 16.1 Å². The number of hydrogen-bond donors (Lipinski definition) is 1. The topological polar surface area (TPSA) is 75.1 Å². The lowest BCUT2D eigenvalue weighted by Gasteiger charge is -2.37. The second kappa shape index (κ2) is 7.67. The largest absolute Gasteiger partial charge is 0.384 e. The summed E-state index contributed by atoms with van der Waals surface area (Å²) < 4.78 is 2.84. The van der Waals surface area contributed by atoms with Gasteiger partial charge in [0.15, 0.2) is 5.43 Å². The minimum absolute atomic E-state index is 0.132. The molecule has 7 heteroatoms. The zero-order valence-corrected chi connectivity index (χ0v) is 18.7. The predicted octanol–water partition coefficient (Wildman–Crippen LogP) is 5.09. The van der Waals surface area contributed by atoms with Crippen molar-refractivity contribution in [3.63, 3.8) is 0 Å².